The van der Waals surface area contributed by atoms with Crippen molar-refractivity contribution in [3.63, 3.8) is 0 Å². The van der Waals surface area contributed by atoms with Gasteiger partial charge >= 0.3 is 5.69 Å². The van der Waals surface area contributed by atoms with Gasteiger partial charge in [-0.2, -0.15) is 0 Å². The molecule has 0 aromatic carbocycles. The lowest BCUT2D eigenvalue weighted by Crippen LogP contribution is -2.30. The van der Waals surface area contributed by atoms with Crippen LogP contribution in [0, 0.1) is 11.8 Å². The first-order valence-electron chi connectivity index (χ1n) is 9.61. The number of aryl methyl sites for hydroxylation is 1. The fourth-order valence-electron chi connectivity index (χ4n) is 4.24. The molecule has 4 rings (SSSR count). The van der Waals surface area contributed by atoms with E-state index in [0.29, 0.717) is 11.8 Å². The molecule has 2 atom stereocenters. The van der Waals surface area contributed by atoms with Crippen LogP contribution in [0.15, 0.2) is 29.6 Å². The van der Waals surface area contributed by atoms with Crippen molar-refractivity contribution in [2.45, 2.75) is 32.7 Å². The van der Waals surface area contributed by atoms with E-state index in [-0.39, 0.29) is 11.1 Å². The minimum atomic E-state index is -0.202. The van der Waals surface area contributed by atoms with E-state index in [1.54, 1.807) is 24.1 Å². The molecule has 0 aliphatic carbocycles. The van der Waals surface area contributed by atoms with Crippen LogP contribution in [0.3, 0.4) is 0 Å². The summed E-state index contributed by atoms with van der Waals surface area (Å²) in [6.45, 7) is 11.7. The molecule has 2 saturated heterocycles. The molecule has 0 radical (unpaired) electrons. The Kier molecular flexibility index (Phi) is 4.50. The molecule has 0 amide bonds. The van der Waals surface area contributed by atoms with Gasteiger partial charge in [-0.1, -0.05) is 20.8 Å². The summed E-state index contributed by atoms with van der Waals surface area (Å²) < 4.78 is 1.55. The highest BCUT2D eigenvalue weighted by molar-refractivity contribution is 5.42. The molecule has 2 unspecified atom stereocenters. The van der Waals surface area contributed by atoms with E-state index in [1.165, 1.54) is 0 Å². The Bertz CT molecular complexity index is 873. The molecule has 0 spiro atoms. The minimum absolute atomic E-state index is 0.0356. The molecule has 2 fully saturated rings. The summed E-state index contributed by atoms with van der Waals surface area (Å²) in [5.74, 6) is 2.38. The maximum Gasteiger partial charge on any atom is 0.347 e. The Hall–Kier alpha value is -2.28. The van der Waals surface area contributed by atoms with Crippen LogP contribution >= 0.6 is 0 Å². The summed E-state index contributed by atoms with van der Waals surface area (Å²) in [6, 6.07) is 2.15. The lowest BCUT2D eigenvalue weighted by Gasteiger charge is -2.24. The normalized spacial score (nSPS) is 23.0. The predicted molar refractivity (Wildman–Crippen MR) is 105 cm³/mol. The van der Waals surface area contributed by atoms with Crippen LogP contribution in [0.2, 0.25) is 0 Å². The summed E-state index contributed by atoms with van der Waals surface area (Å²) in [4.78, 5) is 29.3. The maximum absolute atomic E-state index is 11.4. The lowest BCUT2D eigenvalue weighted by atomic mass is 9.92. The lowest BCUT2D eigenvalue weighted by molar-refractivity contribution is 0.307. The van der Waals surface area contributed by atoms with E-state index in [0.717, 1.165) is 49.8 Å². The molecule has 2 aliphatic heterocycles. The van der Waals surface area contributed by atoms with Crippen molar-refractivity contribution in [2.24, 2.45) is 18.9 Å². The number of hydrogen-bond acceptors (Lipinski definition) is 6. The van der Waals surface area contributed by atoms with Crippen molar-refractivity contribution >= 4 is 5.82 Å². The Balaban J connectivity index is 1.40. The zero-order chi connectivity index (χ0) is 19.2. The second-order valence-corrected chi connectivity index (χ2v) is 8.99. The van der Waals surface area contributed by atoms with E-state index in [2.05, 4.69) is 51.6 Å². The third kappa shape index (κ3) is 3.74. The first-order valence-corrected chi connectivity index (χ1v) is 9.61. The van der Waals surface area contributed by atoms with Crippen LogP contribution in [0.5, 0.6) is 0 Å². The molecule has 0 bridgehead atoms. The van der Waals surface area contributed by atoms with E-state index < -0.39 is 0 Å². The predicted octanol–water partition coefficient (Wildman–Crippen LogP) is 1.44. The van der Waals surface area contributed by atoms with Gasteiger partial charge in [0.15, 0.2) is 0 Å². The van der Waals surface area contributed by atoms with Gasteiger partial charge in [-0.25, -0.2) is 19.7 Å². The molecule has 4 heterocycles. The second kappa shape index (κ2) is 6.71. The van der Waals surface area contributed by atoms with Gasteiger partial charge in [-0.3, -0.25) is 4.90 Å². The van der Waals surface area contributed by atoms with Crippen LogP contribution in [0.1, 0.15) is 32.0 Å². The number of rotatable bonds is 3. The molecule has 0 N–H and O–H groups in total. The smallest absolute Gasteiger partial charge is 0.347 e. The standard InChI is InChI=1S/C20H28N6O/c1-20(2,3)17-5-18(23-13-22-17)26-11-15-9-25(10-16(15)12-26)8-14-6-21-19(27)24(4)7-14/h5-7,13,15-16H,8-12H2,1-4H3. The quantitative estimate of drug-likeness (QED) is 0.817. The maximum atomic E-state index is 11.4. The monoisotopic (exact) mass is 368 g/mol. The molecular formula is C20H28N6O. The number of likely N-dealkylation sites (tertiary alicyclic amines) is 1. The molecular weight excluding hydrogens is 340 g/mol. The highest BCUT2D eigenvalue weighted by Crippen LogP contribution is 2.34. The minimum Gasteiger partial charge on any atom is -0.356 e. The molecule has 27 heavy (non-hydrogen) atoms. The summed E-state index contributed by atoms with van der Waals surface area (Å²) in [5.41, 5.74) is 2.02. The van der Waals surface area contributed by atoms with Crippen molar-refractivity contribution in [3.8, 4) is 0 Å². The Morgan fingerprint density at radius 1 is 1.07 bits per heavy atom. The molecule has 7 heteroatoms. The summed E-state index contributed by atoms with van der Waals surface area (Å²) in [5, 5.41) is 0. The summed E-state index contributed by atoms with van der Waals surface area (Å²) >= 11 is 0. The fraction of sp³-hybridized carbons (Fsp3) is 0.600. The van der Waals surface area contributed by atoms with Gasteiger partial charge in [-0.15, -0.1) is 0 Å². The van der Waals surface area contributed by atoms with Gasteiger partial charge < -0.3 is 9.47 Å². The first kappa shape index (κ1) is 18.1. The molecule has 0 saturated carbocycles. The summed E-state index contributed by atoms with van der Waals surface area (Å²) in [7, 11) is 1.75. The van der Waals surface area contributed by atoms with Crippen LogP contribution in [-0.4, -0.2) is 50.6 Å². The van der Waals surface area contributed by atoms with Crippen molar-refractivity contribution in [1.82, 2.24) is 24.4 Å². The zero-order valence-corrected chi connectivity index (χ0v) is 16.6. The highest BCUT2D eigenvalue weighted by atomic mass is 16.1. The number of anilines is 1. The first-order chi connectivity index (χ1) is 12.8. The molecule has 144 valence electrons. The summed E-state index contributed by atoms with van der Waals surface area (Å²) in [6.07, 6.45) is 5.30. The zero-order valence-electron chi connectivity index (χ0n) is 16.6. The van der Waals surface area contributed by atoms with Crippen LogP contribution in [0.25, 0.3) is 0 Å². The average molecular weight is 368 g/mol. The van der Waals surface area contributed by atoms with Gasteiger partial charge in [-0.05, 0) is 11.8 Å². The van der Waals surface area contributed by atoms with E-state index in [1.807, 2.05) is 6.20 Å². The van der Waals surface area contributed by atoms with Crippen molar-refractivity contribution in [1.29, 1.82) is 0 Å². The Morgan fingerprint density at radius 3 is 2.41 bits per heavy atom. The third-order valence-corrected chi connectivity index (χ3v) is 5.72. The van der Waals surface area contributed by atoms with Crippen LogP contribution in [-0.2, 0) is 19.0 Å². The second-order valence-electron chi connectivity index (χ2n) is 8.99. The van der Waals surface area contributed by atoms with Gasteiger partial charge in [0.05, 0.1) is 5.69 Å². The van der Waals surface area contributed by atoms with E-state index in [9.17, 15) is 4.79 Å². The van der Waals surface area contributed by atoms with Gasteiger partial charge in [0.25, 0.3) is 0 Å². The molecule has 7 nitrogen and oxygen atoms in total. The molecule has 2 aromatic rings. The van der Waals surface area contributed by atoms with Crippen LogP contribution in [0.4, 0.5) is 5.82 Å². The van der Waals surface area contributed by atoms with E-state index >= 15 is 0 Å². The number of nitrogens with zero attached hydrogens (tertiary/aromatic N) is 6. The molecule has 2 aromatic heterocycles. The SMILES string of the molecule is Cn1cc(CN2CC3CN(c4cc(C(C)(C)C)ncn4)CC3C2)cnc1=O. The fourth-order valence-corrected chi connectivity index (χ4v) is 4.24. The Morgan fingerprint density at radius 2 is 1.78 bits per heavy atom. The van der Waals surface area contributed by atoms with E-state index in [4.69, 9.17) is 0 Å². The van der Waals surface area contributed by atoms with Crippen LogP contribution < -0.4 is 10.6 Å². The van der Waals surface area contributed by atoms with Crippen molar-refractivity contribution < 1.29 is 0 Å². The highest BCUT2D eigenvalue weighted by Gasteiger charge is 2.40. The third-order valence-electron chi connectivity index (χ3n) is 5.72. The Labute approximate surface area is 160 Å². The number of aromatic nitrogens is 4. The number of fused-ring (bicyclic) bond motifs is 1. The topological polar surface area (TPSA) is 67.2 Å². The van der Waals surface area contributed by atoms with Gasteiger partial charge in [0.1, 0.15) is 12.1 Å². The molecule has 2 aliphatic rings. The van der Waals surface area contributed by atoms with Crippen molar-refractivity contribution in [2.75, 3.05) is 31.1 Å². The largest absolute Gasteiger partial charge is 0.356 e. The average Bonchev–Trinajstić information content (AvgIpc) is 3.16. The van der Waals surface area contributed by atoms with Gasteiger partial charge in [0, 0.05) is 69.2 Å². The van der Waals surface area contributed by atoms with Crippen molar-refractivity contribution in [3.05, 3.63) is 46.5 Å². The van der Waals surface area contributed by atoms with Gasteiger partial charge in [0.2, 0.25) is 0 Å². The number of hydrogen-bond donors (Lipinski definition) is 0.